The first-order valence-electron chi connectivity index (χ1n) is 11.7. The molecule has 0 unspecified atom stereocenters. The minimum absolute atomic E-state index is 0. The Morgan fingerprint density at radius 3 is 1.43 bits per heavy atom. The fourth-order valence-electron chi connectivity index (χ4n) is 4.49. The highest BCUT2D eigenvalue weighted by Gasteiger charge is 2.28. The molecule has 10 heteroatoms. The Bertz CT molecular complexity index is 1450. The number of pyridine rings is 1. The number of aromatic nitrogens is 1. The molecule has 40 heavy (non-hydrogen) atoms. The first-order chi connectivity index (χ1) is 18.7. The minimum Gasteiger partial charge on any atom is -1.00 e. The highest BCUT2D eigenvalue weighted by Crippen LogP contribution is 2.43. The molecular formula is C30H26Cl7NO2. The quantitative estimate of drug-likeness (QED) is 0.114. The largest absolute Gasteiger partial charge is 1.00 e. The van der Waals surface area contributed by atoms with E-state index in [-0.39, 0.29) is 12.4 Å². The van der Waals surface area contributed by atoms with E-state index in [1.54, 1.807) is 14.2 Å². The molecule has 0 bridgehead atoms. The van der Waals surface area contributed by atoms with Gasteiger partial charge >= 0.3 is 0 Å². The van der Waals surface area contributed by atoms with Crippen molar-refractivity contribution in [2.24, 2.45) is 0 Å². The molecule has 1 heterocycles. The van der Waals surface area contributed by atoms with Crippen LogP contribution in [0, 0.1) is 6.92 Å². The van der Waals surface area contributed by atoms with Crippen LogP contribution in [0.2, 0.25) is 0 Å². The van der Waals surface area contributed by atoms with Gasteiger partial charge in [0.15, 0.2) is 8.59 Å². The smallest absolute Gasteiger partial charge is 0.223 e. The van der Waals surface area contributed by atoms with Gasteiger partial charge in [-0.15, -0.1) is 0 Å². The standard InChI is InChI=1S/C28H24NO2.2CHCl3.ClH/c1-19-11-7-8-14-21(19)26-27-22(15-9-17-24(27)30-2)29(20-12-5-4-6-13-20)23-16-10-18-25(31-3)28(23)26;2*2-1(3)4;/h4-18H,1-3H3;2*1H;1H/q+1;;;/p-1. The number of fused-ring (bicyclic) bond motifs is 2. The van der Waals surface area contributed by atoms with Crippen LogP contribution >= 0.6 is 69.6 Å². The molecule has 5 rings (SSSR count). The van der Waals surface area contributed by atoms with E-state index >= 15 is 0 Å². The molecule has 0 saturated heterocycles. The predicted molar refractivity (Wildman–Crippen MR) is 169 cm³/mol. The monoisotopic (exact) mass is 677 g/mol. The Hall–Kier alpha value is -1.82. The zero-order valence-corrected chi connectivity index (χ0v) is 27.0. The fourth-order valence-corrected chi connectivity index (χ4v) is 4.49. The van der Waals surface area contributed by atoms with Crippen LogP contribution in [0.4, 0.5) is 0 Å². The van der Waals surface area contributed by atoms with E-state index < -0.39 is 8.59 Å². The van der Waals surface area contributed by atoms with Crippen LogP contribution in [0.15, 0.2) is 91.0 Å². The van der Waals surface area contributed by atoms with Gasteiger partial charge in [-0.1, -0.05) is 124 Å². The molecule has 4 aromatic carbocycles. The molecule has 0 spiro atoms. The van der Waals surface area contributed by atoms with Crippen molar-refractivity contribution in [3.8, 4) is 28.3 Å². The lowest BCUT2D eigenvalue weighted by Crippen LogP contribution is -3.00. The number of hydrogen-bond donors (Lipinski definition) is 0. The first kappa shape index (κ1) is 34.4. The van der Waals surface area contributed by atoms with Crippen LogP contribution in [0.5, 0.6) is 11.5 Å². The number of benzene rings is 4. The number of ether oxygens (including phenoxy) is 2. The van der Waals surface area contributed by atoms with E-state index in [0.29, 0.717) is 0 Å². The molecule has 0 aliphatic carbocycles. The maximum Gasteiger partial charge on any atom is 0.223 e. The van der Waals surface area contributed by atoms with Gasteiger partial charge in [0, 0.05) is 29.8 Å². The topological polar surface area (TPSA) is 22.3 Å². The fraction of sp³-hybridized carbons (Fsp3) is 0.167. The van der Waals surface area contributed by atoms with E-state index in [1.165, 1.54) is 11.1 Å². The van der Waals surface area contributed by atoms with E-state index in [0.717, 1.165) is 44.6 Å². The number of rotatable bonds is 4. The Kier molecular flexibility index (Phi) is 14.3. The van der Waals surface area contributed by atoms with Crippen LogP contribution in [0.3, 0.4) is 0 Å². The second kappa shape index (κ2) is 16.6. The van der Waals surface area contributed by atoms with Gasteiger partial charge in [0.1, 0.15) is 11.5 Å². The lowest BCUT2D eigenvalue weighted by Gasteiger charge is -2.17. The zero-order valence-electron chi connectivity index (χ0n) is 21.7. The van der Waals surface area contributed by atoms with Crippen molar-refractivity contribution < 1.29 is 26.4 Å². The molecule has 5 aromatic rings. The van der Waals surface area contributed by atoms with Crippen LogP contribution < -0.4 is 26.4 Å². The Labute approximate surface area is 270 Å². The molecule has 0 amide bonds. The molecule has 212 valence electrons. The predicted octanol–water partition coefficient (Wildman–Crippen LogP) is 7.24. The van der Waals surface area contributed by atoms with Crippen molar-refractivity contribution >= 4 is 91.4 Å². The maximum absolute atomic E-state index is 5.89. The van der Waals surface area contributed by atoms with Gasteiger partial charge in [-0.3, -0.25) is 0 Å². The summed E-state index contributed by atoms with van der Waals surface area (Å²) in [5.41, 5.74) is 6.78. The number of methoxy groups -OCH3 is 2. The van der Waals surface area contributed by atoms with E-state index in [9.17, 15) is 0 Å². The lowest BCUT2D eigenvalue weighted by atomic mass is 9.91. The van der Waals surface area contributed by atoms with E-state index in [4.69, 9.17) is 79.1 Å². The molecule has 0 aliphatic rings. The van der Waals surface area contributed by atoms with Gasteiger partial charge < -0.3 is 21.9 Å². The third kappa shape index (κ3) is 8.36. The summed E-state index contributed by atoms with van der Waals surface area (Å²) in [7, 11) is 3.46. The molecule has 0 saturated carbocycles. The second-order valence-electron chi connectivity index (χ2n) is 8.06. The first-order valence-corrected chi connectivity index (χ1v) is 14.3. The lowest BCUT2D eigenvalue weighted by molar-refractivity contribution is -0.537. The van der Waals surface area contributed by atoms with Crippen LogP contribution in [0.1, 0.15) is 5.56 Å². The summed E-state index contributed by atoms with van der Waals surface area (Å²) in [6.45, 7) is 2.15. The Morgan fingerprint density at radius 2 is 1.00 bits per heavy atom. The van der Waals surface area contributed by atoms with Gasteiger partial charge in [0.25, 0.3) is 0 Å². The summed E-state index contributed by atoms with van der Waals surface area (Å²) in [4.78, 5) is 0. The van der Waals surface area contributed by atoms with Crippen molar-refractivity contribution in [1.29, 1.82) is 0 Å². The number of nitrogens with zero attached hydrogens (tertiary/aromatic N) is 1. The average Bonchev–Trinajstić information content (AvgIpc) is 2.91. The molecule has 3 nitrogen and oxygen atoms in total. The normalized spacial score (nSPS) is 10.4. The summed E-state index contributed by atoms with van der Waals surface area (Å²) in [5, 5.41) is 2.14. The highest BCUT2D eigenvalue weighted by atomic mass is 35.6. The summed E-state index contributed by atoms with van der Waals surface area (Å²) < 4.78 is 12.6. The van der Waals surface area contributed by atoms with Crippen molar-refractivity contribution in [2.75, 3.05) is 14.2 Å². The van der Waals surface area contributed by atoms with E-state index in [1.807, 2.05) is 30.3 Å². The molecule has 0 radical (unpaired) electrons. The molecule has 1 aromatic heterocycles. The number of para-hydroxylation sites is 1. The second-order valence-corrected chi connectivity index (χ2v) is 12.0. The third-order valence-electron chi connectivity index (χ3n) is 5.86. The number of alkyl halides is 6. The molecular weight excluding hydrogens is 655 g/mol. The number of aryl methyl sites for hydroxylation is 1. The Morgan fingerprint density at radius 1 is 0.575 bits per heavy atom. The zero-order chi connectivity index (χ0) is 28.5. The summed E-state index contributed by atoms with van der Waals surface area (Å²) in [6.07, 6.45) is 0. The SMILES string of the molecule is COc1cccc2c1c(-c1ccccc1C)c1c(OC)cccc1[n+]2-c1ccccc1.ClC(Cl)Cl.ClC(Cl)Cl.[Cl-]. The van der Waals surface area contributed by atoms with Gasteiger partial charge in [-0.2, -0.15) is 4.57 Å². The van der Waals surface area contributed by atoms with Gasteiger partial charge in [0.2, 0.25) is 16.7 Å². The van der Waals surface area contributed by atoms with Crippen LogP contribution in [-0.2, 0) is 0 Å². The van der Waals surface area contributed by atoms with Crippen molar-refractivity contribution in [3.05, 3.63) is 96.6 Å². The molecule has 0 aliphatic heterocycles. The Balaban J connectivity index is 0.000000554. The average molecular weight is 681 g/mol. The summed E-state index contributed by atoms with van der Waals surface area (Å²) in [5.74, 6) is 1.68. The highest BCUT2D eigenvalue weighted by molar-refractivity contribution is 6.63. The van der Waals surface area contributed by atoms with Crippen LogP contribution in [0.25, 0.3) is 38.6 Å². The summed E-state index contributed by atoms with van der Waals surface area (Å²) in [6, 6.07) is 31.4. The third-order valence-corrected chi connectivity index (χ3v) is 5.86. The minimum atomic E-state index is -0.750. The number of halogens is 7. The van der Waals surface area contributed by atoms with Crippen molar-refractivity contribution in [1.82, 2.24) is 0 Å². The van der Waals surface area contributed by atoms with Crippen LogP contribution in [-0.4, -0.2) is 22.8 Å². The van der Waals surface area contributed by atoms with Gasteiger partial charge in [0.05, 0.1) is 25.0 Å². The molecule has 0 fully saturated rings. The van der Waals surface area contributed by atoms with Crippen molar-refractivity contribution in [2.45, 2.75) is 15.5 Å². The molecule has 0 atom stereocenters. The maximum atomic E-state index is 5.89. The molecule has 0 N–H and O–H groups in total. The van der Waals surface area contributed by atoms with E-state index in [2.05, 4.69) is 72.2 Å². The van der Waals surface area contributed by atoms with Gasteiger partial charge in [-0.25, -0.2) is 0 Å². The van der Waals surface area contributed by atoms with Crippen molar-refractivity contribution in [3.63, 3.8) is 0 Å². The van der Waals surface area contributed by atoms with Gasteiger partial charge in [-0.05, 0) is 30.2 Å². The number of hydrogen-bond acceptors (Lipinski definition) is 2. The summed E-state index contributed by atoms with van der Waals surface area (Å²) >= 11 is 28.8.